The van der Waals surface area contributed by atoms with Crippen molar-refractivity contribution in [1.29, 1.82) is 0 Å². The maximum Gasteiger partial charge on any atom is 0.208 e. The van der Waals surface area contributed by atoms with E-state index >= 15 is 0 Å². The highest BCUT2D eigenvalue weighted by Gasteiger charge is 2.25. The molecule has 2 aromatic rings. The highest BCUT2D eigenvalue weighted by atomic mass is 16.5. The molecule has 1 atom stereocenters. The topological polar surface area (TPSA) is 56.5 Å². The second kappa shape index (κ2) is 7.81. The molecule has 1 aromatic carbocycles. The fraction of sp³-hybridized carbons (Fsp3) is 0.526. The van der Waals surface area contributed by atoms with Crippen LogP contribution >= 0.6 is 0 Å². The van der Waals surface area contributed by atoms with E-state index in [9.17, 15) is 0 Å². The number of aryl methyl sites for hydroxylation is 2. The van der Waals surface area contributed by atoms with E-state index in [-0.39, 0.29) is 6.04 Å². The first kappa shape index (κ1) is 17.0. The van der Waals surface area contributed by atoms with Gasteiger partial charge in [-0.2, -0.15) is 0 Å². The lowest BCUT2D eigenvalue weighted by atomic mass is 9.87. The summed E-state index contributed by atoms with van der Waals surface area (Å²) in [7, 11) is 1.69. The molecule has 1 saturated heterocycles. The highest BCUT2D eigenvalue weighted by Crippen LogP contribution is 2.31. The number of hydrogen-bond acceptors (Lipinski definition) is 5. The van der Waals surface area contributed by atoms with E-state index in [0.29, 0.717) is 12.5 Å². The predicted octanol–water partition coefficient (Wildman–Crippen LogP) is 3.56. The smallest absolute Gasteiger partial charge is 0.208 e. The molecule has 0 radical (unpaired) electrons. The van der Waals surface area contributed by atoms with Crippen molar-refractivity contribution in [1.82, 2.24) is 10.3 Å². The molecule has 1 aliphatic rings. The first-order valence-corrected chi connectivity index (χ1v) is 8.55. The van der Waals surface area contributed by atoms with Gasteiger partial charge in [-0.3, -0.25) is 0 Å². The van der Waals surface area contributed by atoms with Crippen molar-refractivity contribution >= 4 is 0 Å². The quantitative estimate of drug-likeness (QED) is 0.878. The van der Waals surface area contributed by atoms with Gasteiger partial charge in [0.25, 0.3) is 0 Å². The van der Waals surface area contributed by atoms with Crippen molar-refractivity contribution in [3.05, 3.63) is 47.2 Å². The maximum absolute atomic E-state index is 5.71. The van der Waals surface area contributed by atoms with Gasteiger partial charge in [-0.05, 0) is 50.3 Å². The first-order valence-electron chi connectivity index (χ1n) is 8.55. The summed E-state index contributed by atoms with van der Waals surface area (Å²) in [5.41, 5.74) is 2.22. The minimum atomic E-state index is 0.257. The molecule has 24 heavy (non-hydrogen) atoms. The second-order valence-electron chi connectivity index (χ2n) is 6.33. The number of benzene rings is 1. The molecule has 1 N–H and O–H groups in total. The van der Waals surface area contributed by atoms with Crippen molar-refractivity contribution in [3.8, 4) is 5.75 Å². The largest absolute Gasteiger partial charge is 0.497 e. The Hall–Kier alpha value is -1.85. The number of oxazole rings is 1. The van der Waals surface area contributed by atoms with Crippen LogP contribution in [0.1, 0.15) is 41.8 Å². The van der Waals surface area contributed by atoms with E-state index < -0.39 is 0 Å². The Kier molecular flexibility index (Phi) is 5.53. The van der Waals surface area contributed by atoms with E-state index in [1.807, 2.05) is 26.0 Å². The number of rotatable bonds is 6. The van der Waals surface area contributed by atoms with Gasteiger partial charge < -0.3 is 19.2 Å². The molecule has 5 nitrogen and oxygen atoms in total. The number of hydrogen-bond donors (Lipinski definition) is 1. The molecule has 5 heteroatoms. The molecule has 0 spiro atoms. The van der Waals surface area contributed by atoms with Crippen LogP contribution in [-0.4, -0.2) is 25.3 Å². The zero-order valence-electron chi connectivity index (χ0n) is 14.7. The number of methoxy groups -OCH3 is 1. The minimum Gasteiger partial charge on any atom is -0.497 e. The van der Waals surface area contributed by atoms with Crippen LogP contribution < -0.4 is 10.1 Å². The zero-order chi connectivity index (χ0) is 16.9. The molecule has 0 saturated carbocycles. The predicted molar refractivity (Wildman–Crippen MR) is 92.1 cm³/mol. The van der Waals surface area contributed by atoms with Crippen LogP contribution in [0.15, 0.2) is 28.7 Å². The van der Waals surface area contributed by atoms with Gasteiger partial charge in [0.05, 0.1) is 19.3 Å². The lowest BCUT2D eigenvalue weighted by molar-refractivity contribution is 0.0530. The molecule has 0 unspecified atom stereocenters. The molecule has 130 valence electrons. The Bertz CT molecular complexity index is 626. The maximum atomic E-state index is 5.71. The van der Waals surface area contributed by atoms with Gasteiger partial charge in [-0.1, -0.05) is 12.1 Å². The van der Waals surface area contributed by atoms with Crippen molar-refractivity contribution in [2.45, 2.75) is 39.3 Å². The van der Waals surface area contributed by atoms with E-state index in [4.69, 9.17) is 13.9 Å². The van der Waals surface area contributed by atoms with Crippen LogP contribution in [0.3, 0.4) is 0 Å². The van der Waals surface area contributed by atoms with E-state index in [1.165, 1.54) is 5.56 Å². The van der Waals surface area contributed by atoms with E-state index in [0.717, 1.165) is 49.1 Å². The van der Waals surface area contributed by atoms with Crippen LogP contribution in [0, 0.1) is 19.8 Å². The number of nitrogens with zero attached hydrogens (tertiary/aromatic N) is 1. The minimum absolute atomic E-state index is 0.257. The lowest BCUT2D eigenvalue weighted by Crippen LogP contribution is -2.32. The molecule has 0 aliphatic carbocycles. The Morgan fingerprint density at radius 1 is 1.21 bits per heavy atom. The summed E-state index contributed by atoms with van der Waals surface area (Å²) in [6.07, 6.45) is 2.13. The molecule has 1 aromatic heterocycles. The van der Waals surface area contributed by atoms with Crippen molar-refractivity contribution < 1.29 is 13.9 Å². The average Bonchev–Trinajstić information content (AvgIpc) is 2.94. The summed E-state index contributed by atoms with van der Waals surface area (Å²) < 4.78 is 16.5. The van der Waals surface area contributed by atoms with Crippen LogP contribution in [-0.2, 0) is 11.3 Å². The molecule has 2 heterocycles. The Labute approximate surface area is 143 Å². The second-order valence-corrected chi connectivity index (χ2v) is 6.33. The summed E-state index contributed by atoms with van der Waals surface area (Å²) >= 11 is 0. The summed E-state index contributed by atoms with van der Waals surface area (Å²) in [5, 5.41) is 3.65. The lowest BCUT2D eigenvalue weighted by Gasteiger charge is -2.31. The SMILES string of the molecule is COc1ccc([C@@H](NCc2nc(C)c(C)o2)C2CCOCC2)cc1. The van der Waals surface area contributed by atoms with Crippen LogP contribution in [0.4, 0.5) is 0 Å². The summed E-state index contributed by atoms with van der Waals surface area (Å²) in [6, 6.07) is 8.56. The van der Waals surface area contributed by atoms with Gasteiger partial charge in [-0.25, -0.2) is 4.98 Å². The van der Waals surface area contributed by atoms with Gasteiger partial charge in [-0.15, -0.1) is 0 Å². The molecular weight excluding hydrogens is 304 g/mol. The van der Waals surface area contributed by atoms with Gasteiger partial charge in [0, 0.05) is 19.3 Å². The van der Waals surface area contributed by atoms with E-state index in [1.54, 1.807) is 7.11 Å². The third-order valence-corrected chi connectivity index (χ3v) is 4.76. The summed E-state index contributed by atoms with van der Waals surface area (Å²) in [6.45, 7) is 6.21. The molecule has 0 amide bonds. The van der Waals surface area contributed by atoms with Gasteiger partial charge in [0.15, 0.2) is 0 Å². The molecule has 3 rings (SSSR count). The van der Waals surface area contributed by atoms with Gasteiger partial charge in [0.1, 0.15) is 11.5 Å². The van der Waals surface area contributed by atoms with Crippen LogP contribution in [0.5, 0.6) is 5.75 Å². The number of nitrogens with one attached hydrogen (secondary N) is 1. The third-order valence-electron chi connectivity index (χ3n) is 4.76. The Morgan fingerprint density at radius 3 is 2.50 bits per heavy atom. The Balaban J connectivity index is 1.75. The average molecular weight is 330 g/mol. The molecule has 1 fully saturated rings. The summed E-state index contributed by atoms with van der Waals surface area (Å²) in [5.74, 6) is 3.06. The normalized spacial score (nSPS) is 17.0. The molecule has 0 bridgehead atoms. The summed E-state index contributed by atoms with van der Waals surface area (Å²) in [4.78, 5) is 4.47. The van der Waals surface area contributed by atoms with Crippen molar-refractivity contribution in [3.63, 3.8) is 0 Å². The third kappa shape index (κ3) is 3.97. The monoisotopic (exact) mass is 330 g/mol. The standard InChI is InChI=1S/C19H26N2O3/c1-13-14(2)24-18(21-13)12-20-19(16-8-10-23-11-9-16)15-4-6-17(22-3)7-5-15/h4-7,16,19-20H,8-12H2,1-3H3/t19-/m1/s1. The van der Waals surface area contributed by atoms with Gasteiger partial charge in [0.2, 0.25) is 5.89 Å². The molecule has 1 aliphatic heterocycles. The zero-order valence-corrected chi connectivity index (χ0v) is 14.7. The van der Waals surface area contributed by atoms with Crippen molar-refractivity contribution in [2.24, 2.45) is 5.92 Å². The fourth-order valence-corrected chi connectivity index (χ4v) is 3.23. The fourth-order valence-electron chi connectivity index (χ4n) is 3.23. The van der Waals surface area contributed by atoms with Crippen LogP contribution in [0.2, 0.25) is 0 Å². The number of aromatic nitrogens is 1. The van der Waals surface area contributed by atoms with Crippen molar-refractivity contribution in [2.75, 3.05) is 20.3 Å². The highest BCUT2D eigenvalue weighted by molar-refractivity contribution is 5.29. The molecular formula is C19H26N2O3. The Morgan fingerprint density at radius 2 is 1.92 bits per heavy atom. The van der Waals surface area contributed by atoms with E-state index in [2.05, 4.69) is 22.4 Å². The van der Waals surface area contributed by atoms with Crippen LogP contribution in [0.25, 0.3) is 0 Å². The first-order chi connectivity index (χ1) is 11.7. The number of ether oxygens (including phenoxy) is 2. The van der Waals surface area contributed by atoms with Gasteiger partial charge >= 0.3 is 0 Å².